The van der Waals surface area contributed by atoms with E-state index in [4.69, 9.17) is 4.42 Å². The van der Waals surface area contributed by atoms with Crippen molar-refractivity contribution in [2.24, 2.45) is 0 Å². The van der Waals surface area contributed by atoms with Crippen molar-refractivity contribution in [3.05, 3.63) is 59.0 Å². The zero-order chi connectivity index (χ0) is 17.1. The number of carbonyl (C=O) groups is 2. The fraction of sp³-hybridized carbons (Fsp3) is 0.333. The lowest BCUT2D eigenvalue weighted by Crippen LogP contribution is -2.40. The minimum atomic E-state index is -1.07. The molecule has 0 aliphatic carbocycles. The Morgan fingerprint density at radius 3 is 2.71 bits per heavy atom. The van der Waals surface area contributed by atoms with Crippen LogP contribution in [-0.4, -0.2) is 39.9 Å². The van der Waals surface area contributed by atoms with E-state index in [-0.39, 0.29) is 23.3 Å². The van der Waals surface area contributed by atoms with Gasteiger partial charge >= 0.3 is 5.97 Å². The summed E-state index contributed by atoms with van der Waals surface area (Å²) in [6.07, 6.45) is 0.437. The summed E-state index contributed by atoms with van der Waals surface area (Å²) in [7, 11) is 0. The first kappa shape index (κ1) is 16.6. The van der Waals surface area contributed by atoms with Gasteiger partial charge in [0.25, 0.3) is 5.91 Å². The molecule has 1 aromatic carbocycles. The molecule has 0 bridgehead atoms. The Morgan fingerprint density at radius 2 is 2.08 bits per heavy atom. The average molecular weight is 345 g/mol. The van der Waals surface area contributed by atoms with Crippen LogP contribution in [0.5, 0.6) is 0 Å². The summed E-state index contributed by atoms with van der Waals surface area (Å²) in [5, 5.41) is 9.24. The summed E-state index contributed by atoms with van der Waals surface area (Å²) in [6.45, 7) is 2.43. The minimum absolute atomic E-state index is 0.0269. The maximum Gasteiger partial charge on any atom is 0.339 e. The van der Waals surface area contributed by atoms with Gasteiger partial charge in [0.15, 0.2) is 5.76 Å². The average Bonchev–Trinajstić information content (AvgIpc) is 3.06. The van der Waals surface area contributed by atoms with E-state index >= 15 is 0 Å². The molecule has 0 saturated carbocycles. The van der Waals surface area contributed by atoms with Gasteiger partial charge in [-0.2, -0.15) is 11.8 Å². The molecule has 5 nitrogen and oxygen atoms in total. The van der Waals surface area contributed by atoms with Crippen LogP contribution in [0, 0.1) is 0 Å². The molecule has 126 valence electrons. The Hall–Kier alpha value is -2.21. The van der Waals surface area contributed by atoms with E-state index in [1.54, 1.807) is 4.90 Å². The number of carboxylic acids is 1. The molecular formula is C18H19NO4S. The molecule has 1 aliphatic rings. The largest absolute Gasteiger partial charge is 0.478 e. The molecule has 1 fully saturated rings. The van der Waals surface area contributed by atoms with Gasteiger partial charge in [-0.15, -0.1) is 0 Å². The lowest BCUT2D eigenvalue weighted by Gasteiger charge is -2.35. The summed E-state index contributed by atoms with van der Waals surface area (Å²) in [6, 6.07) is 11.2. The predicted octanol–water partition coefficient (Wildman–Crippen LogP) is 3.47. The Morgan fingerprint density at radius 1 is 1.33 bits per heavy atom. The second kappa shape index (κ2) is 7.13. The Balaban J connectivity index is 1.91. The second-order valence-corrected chi connectivity index (χ2v) is 6.76. The topological polar surface area (TPSA) is 70.8 Å². The van der Waals surface area contributed by atoms with Gasteiger partial charge in [-0.3, -0.25) is 4.79 Å². The Bertz CT molecular complexity index is 741. The SMILES string of the molecule is CCc1oc(C(=O)N2CCSCC2c2ccccc2)cc1C(=O)O. The van der Waals surface area contributed by atoms with Crippen molar-refractivity contribution >= 4 is 23.6 Å². The van der Waals surface area contributed by atoms with Crippen molar-refractivity contribution in [3.63, 3.8) is 0 Å². The van der Waals surface area contributed by atoms with Crippen LogP contribution in [0.4, 0.5) is 0 Å². The molecule has 1 atom stereocenters. The van der Waals surface area contributed by atoms with Gasteiger partial charge in [0.1, 0.15) is 11.3 Å². The fourth-order valence-corrected chi connectivity index (χ4v) is 4.01. The zero-order valence-electron chi connectivity index (χ0n) is 13.4. The molecule has 0 spiro atoms. The smallest absolute Gasteiger partial charge is 0.339 e. The first-order valence-corrected chi connectivity index (χ1v) is 9.07. The molecule has 0 radical (unpaired) electrons. The number of benzene rings is 1. The van der Waals surface area contributed by atoms with E-state index in [2.05, 4.69) is 0 Å². The minimum Gasteiger partial charge on any atom is -0.478 e. The number of furan rings is 1. The Labute approximate surface area is 144 Å². The van der Waals surface area contributed by atoms with Crippen molar-refractivity contribution in [2.75, 3.05) is 18.1 Å². The van der Waals surface area contributed by atoms with Gasteiger partial charge in [-0.25, -0.2) is 4.79 Å². The summed E-state index contributed by atoms with van der Waals surface area (Å²) in [4.78, 5) is 26.0. The molecule has 3 rings (SSSR count). The molecule has 1 unspecified atom stereocenters. The molecule has 1 aliphatic heterocycles. The van der Waals surface area contributed by atoms with E-state index in [1.807, 2.05) is 49.0 Å². The number of hydrogen-bond donors (Lipinski definition) is 1. The highest BCUT2D eigenvalue weighted by Crippen LogP contribution is 2.31. The van der Waals surface area contributed by atoms with Crippen molar-refractivity contribution in [2.45, 2.75) is 19.4 Å². The second-order valence-electron chi connectivity index (χ2n) is 5.61. The maximum absolute atomic E-state index is 12.9. The van der Waals surface area contributed by atoms with E-state index in [9.17, 15) is 14.7 Å². The van der Waals surface area contributed by atoms with Crippen LogP contribution in [0.1, 0.15) is 45.2 Å². The van der Waals surface area contributed by atoms with Gasteiger partial charge in [-0.05, 0) is 5.56 Å². The predicted molar refractivity (Wildman–Crippen MR) is 92.6 cm³/mol. The van der Waals surface area contributed by atoms with Crippen LogP contribution in [0.3, 0.4) is 0 Å². The molecule has 1 amide bonds. The number of aromatic carboxylic acids is 1. The van der Waals surface area contributed by atoms with Crippen LogP contribution in [0.2, 0.25) is 0 Å². The van der Waals surface area contributed by atoms with Crippen LogP contribution in [0.25, 0.3) is 0 Å². The summed E-state index contributed by atoms with van der Waals surface area (Å²) >= 11 is 1.81. The molecule has 1 N–H and O–H groups in total. The van der Waals surface area contributed by atoms with Crippen LogP contribution in [-0.2, 0) is 6.42 Å². The van der Waals surface area contributed by atoms with Crippen molar-refractivity contribution in [1.82, 2.24) is 4.90 Å². The molecule has 1 aromatic heterocycles. The fourth-order valence-electron chi connectivity index (χ4n) is 2.92. The first-order valence-electron chi connectivity index (χ1n) is 7.91. The van der Waals surface area contributed by atoms with Gasteiger partial charge in [-0.1, -0.05) is 37.3 Å². The zero-order valence-corrected chi connectivity index (χ0v) is 14.2. The van der Waals surface area contributed by atoms with Crippen molar-refractivity contribution in [3.8, 4) is 0 Å². The third kappa shape index (κ3) is 3.19. The lowest BCUT2D eigenvalue weighted by atomic mass is 10.1. The Kier molecular flexibility index (Phi) is 4.94. The highest BCUT2D eigenvalue weighted by atomic mass is 32.2. The van der Waals surface area contributed by atoms with Crippen LogP contribution in [0.15, 0.2) is 40.8 Å². The molecule has 1 saturated heterocycles. The number of thioether (sulfide) groups is 1. The molecule has 24 heavy (non-hydrogen) atoms. The summed E-state index contributed by atoms with van der Waals surface area (Å²) in [5.74, 6) is 0.825. The highest BCUT2D eigenvalue weighted by molar-refractivity contribution is 7.99. The van der Waals surface area contributed by atoms with Crippen molar-refractivity contribution in [1.29, 1.82) is 0 Å². The number of aryl methyl sites for hydroxylation is 1. The number of hydrogen-bond acceptors (Lipinski definition) is 4. The van der Waals surface area contributed by atoms with E-state index in [0.29, 0.717) is 18.7 Å². The molecular weight excluding hydrogens is 326 g/mol. The third-order valence-corrected chi connectivity index (χ3v) is 5.17. The molecule has 2 aromatic rings. The van der Waals surface area contributed by atoms with Gasteiger partial charge in [0.2, 0.25) is 0 Å². The number of amides is 1. The quantitative estimate of drug-likeness (QED) is 0.919. The van der Waals surface area contributed by atoms with Crippen molar-refractivity contribution < 1.29 is 19.1 Å². The van der Waals surface area contributed by atoms with Crippen LogP contribution < -0.4 is 0 Å². The van der Waals surface area contributed by atoms with Gasteiger partial charge in [0.05, 0.1) is 6.04 Å². The lowest BCUT2D eigenvalue weighted by molar-refractivity contribution is 0.0663. The van der Waals surface area contributed by atoms with E-state index in [0.717, 1.165) is 17.1 Å². The number of nitrogens with zero attached hydrogens (tertiary/aromatic N) is 1. The first-order chi connectivity index (χ1) is 11.6. The molecule has 6 heteroatoms. The molecule has 2 heterocycles. The monoisotopic (exact) mass is 345 g/mol. The summed E-state index contributed by atoms with van der Waals surface area (Å²) in [5.41, 5.74) is 1.15. The summed E-state index contributed by atoms with van der Waals surface area (Å²) < 4.78 is 5.55. The maximum atomic E-state index is 12.9. The van der Waals surface area contributed by atoms with Crippen LogP contribution >= 0.6 is 11.8 Å². The van der Waals surface area contributed by atoms with Gasteiger partial charge in [0, 0.05) is 30.5 Å². The van der Waals surface area contributed by atoms with E-state index in [1.165, 1.54) is 6.07 Å². The van der Waals surface area contributed by atoms with Gasteiger partial charge < -0.3 is 14.4 Å². The number of carboxylic acid groups (broad SMARTS) is 1. The third-order valence-electron chi connectivity index (χ3n) is 4.14. The highest BCUT2D eigenvalue weighted by Gasteiger charge is 2.31. The normalized spacial score (nSPS) is 17.7. The number of carbonyl (C=O) groups excluding carboxylic acids is 1. The van der Waals surface area contributed by atoms with E-state index < -0.39 is 5.97 Å². The standard InChI is InChI=1S/C18H19NO4S/c1-2-15-13(18(21)22)10-16(23-15)17(20)19-8-9-24-11-14(19)12-6-4-3-5-7-12/h3-7,10,14H,2,8-9,11H2,1H3,(H,21,22). The number of rotatable bonds is 4.